The van der Waals surface area contributed by atoms with Gasteiger partial charge in [-0.25, -0.2) is 0 Å². The largest absolute Gasteiger partial charge is 0.388 e. The zero-order valence-corrected chi connectivity index (χ0v) is 8.56. The molecule has 0 fully saturated rings. The van der Waals surface area contributed by atoms with Crippen LogP contribution >= 0.6 is 15.9 Å². The fraction of sp³-hybridized carbons (Fsp3) is 0.400. The molecule has 0 heterocycles. The van der Waals surface area contributed by atoms with E-state index in [0.717, 1.165) is 22.9 Å². The molecule has 1 nitrogen and oxygen atoms in total. The number of halogens is 1. The first-order valence-electron chi connectivity index (χ1n) is 4.16. The molecule has 0 aromatic heterocycles. The van der Waals surface area contributed by atoms with Crippen molar-refractivity contribution in [2.45, 2.75) is 25.9 Å². The van der Waals surface area contributed by atoms with Crippen LogP contribution in [-0.2, 0) is 6.42 Å². The molecule has 0 spiro atoms. The van der Waals surface area contributed by atoms with E-state index in [0.29, 0.717) is 0 Å². The van der Waals surface area contributed by atoms with Crippen LogP contribution in [0.4, 0.5) is 0 Å². The minimum absolute atomic E-state index is 0.230. The summed E-state index contributed by atoms with van der Waals surface area (Å²) in [6.45, 7) is 2.10. The molecule has 0 saturated heterocycles. The van der Waals surface area contributed by atoms with Gasteiger partial charge in [0.25, 0.3) is 0 Å². The lowest BCUT2D eigenvalue weighted by molar-refractivity contribution is 0.180. The molecule has 1 aromatic rings. The van der Waals surface area contributed by atoms with Crippen LogP contribution in [0.15, 0.2) is 16.6 Å². The van der Waals surface area contributed by atoms with Gasteiger partial charge in [-0.15, -0.1) is 0 Å². The van der Waals surface area contributed by atoms with Crippen LogP contribution in [0.2, 0.25) is 0 Å². The molecule has 0 bridgehead atoms. The van der Waals surface area contributed by atoms with E-state index < -0.39 is 0 Å². The lowest BCUT2D eigenvalue weighted by atomic mass is 10.0. The number of rotatable bonds is 0. The van der Waals surface area contributed by atoms with E-state index in [2.05, 4.69) is 22.9 Å². The third-order valence-corrected chi connectivity index (χ3v) is 3.45. The number of benzene rings is 1. The van der Waals surface area contributed by atoms with Gasteiger partial charge in [-0.05, 0) is 42.5 Å². The Bertz CT molecular complexity index is 320. The molecule has 2 heteroatoms. The summed E-state index contributed by atoms with van der Waals surface area (Å²) in [7, 11) is 0. The number of hydrogen-bond acceptors (Lipinski definition) is 1. The highest BCUT2D eigenvalue weighted by Crippen LogP contribution is 2.35. The summed E-state index contributed by atoms with van der Waals surface area (Å²) in [6, 6.07) is 4.03. The summed E-state index contributed by atoms with van der Waals surface area (Å²) < 4.78 is 1.15. The Kier molecular flexibility index (Phi) is 1.97. The summed E-state index contributed by atoms with van der Waals surface area (Å²) in [6.07, 6.45) is 1.67. The molecule has 1 aromatic carbocycles. The Morgan fingerprint density at radius 3 is 3.00 bits per heavy atom. The van der Waals surface area contributed by atoms with Crippen LogP contribution in [0.25, 0.3) is 0 Å². The van der Waals surface area contributed by atoms with Gasteiger partial charge in [0.1, 0.15) is 0 Å². The van der Waals surface area contributed by atoms with Crippen molar-refractivity contribution in [2.24, 2.45) is 0 Å². The van der Waals surface area contributed by atoms with E-state index in [-0.39, 0.29) is 6.10 Å². The average molecular weight is 227 g/mol. The summed E-state index contributed by atoms with van der Waals surface area (Å²) in [4.78, 5) is 0. The number of aliphatic hydroxyl groups excluding tert-OH is 1. The van der Waals surface area contributed by atoms with Gasteiger partial charge in [-0.3, -0.25) is 0 Å². The first-order valence-corrected chi connectivity index (χ1v) is 4.95. The van der Waals surface area contributed by atoms with Crippen LogP contribution in [0.3, 0.4) is 0 Å². The molecule has 0 amide bonds. The topological polar surface area (TPSA) is 20.2 Å². The minimum Gasteiger partial charge on any atom is -0.388 e. The quantitative estimate of drug-likeness (QED) is 0.722. The smallest absolute Gasteiger partial charge is 0.0796 e. The monoisotopic (exact) mass is 226 g/mol. The maximum atomic E-state index is 9.58. The molecule has 1 atom stereocenters. The van der Waals surface area contributed by atoms with Crippen molar-refractivity contribution in [3.05, 3.63) is 33.3 Å². The fourth-order valence-corrected chi connectivity index (χ4v) is 2.20. The van der Waals surface area contributed by atoms with Gasteiger partial charge in [0.15, 0.2) is 0 Å². The van der Waals surface area contributed by atoms with Crippen molar-refractivity contribution < 1.29 is 5.11 Å². The standard InChI is InChI=1S/C10H11BrO/c1-6-7-3-5-10(12)8(7)2-4-9(6)11/h2,4,10,12H,3,5H2,1H3/t10-/m0/s1. The molecular weight excluding hydrogens is 216 g/mol. The molecule has 0 saturated carbocycles. The molecule has 0 unspecified atom stereocenters. The predicted octanol–water partition coefficient (Wildman–Crippen LogP) is 2.74. The van der Waals surface area contributed by atoms with E-state index in [9.17, 15) is 5.11 Å². The first-order chi connectivity index (χ1) is 5.70. The Morgan fingerprint density at radius 1 is 1.50 bits per heavy atom. The summed E-state index contributed by atoms with van der Waals surface area (Å²) in [5.74, 6) is 0. The van der Waals surface area contributed by atoms with Crippen LogP contribution in [0.5, 0.6) is 0 Å². The zero-order chi connectivity index (χ0) is 8.72. The van der Waals surface area contributed by atoms with Gasteiger partial charge < -0.3 is 5.11 Å². The van der Waals surface area contributed by atoms with E-state index >= 15 is 0 Å². The highest BCUT2D eigenvalue weighted by molar-refractivity contribution is 9.10. The number of hydrogen-bond donors (Lipinski definition) is 1. The molecule has 0 radical (unpaired) electrons. The van der Waals surface area contributed by atoms with Gasteiger partial charge >= 0.3 is 0 Å². The fourth-order valence-electron chi connectivity index (χ4n) is 1.83. The summed E-state index contributed by atoms with van der Waals surface area (Å²) in [5, 5.41) is 9.58. The summed E-state index contributed by atoms with van der Waals surface area (Å²) >= 11 is 3.49. The van der Waals surface area contributed by atoms with Gasteiger partial charge in [-0.1, -0.05) is 22.0 Å². The second-order valence-electron chi connectivity index (χ2n) is 3.29. The van der Waals surface area contributed by atoms with E-state index in [1.54, 1.807) is 0 Å². The number of fused-ring (bicyclic) bond motifs is 1. The summed E-state index contributed by atoms with van der Waals surface area (Å²) in [5.41, 5.74) is 3.73. The van der Waals surface area contributed by atoms with Gasteiger partial charge in [0, 0.05) is 4.47 Å². The molecule has 1 aliphatic carbocycles. The Labute approximate surface area is 80.5 Å². The second kappa shape index (κ2) is 2.86. The van der Waals surface area contributed by atoms with Crippen LogP contribution in [0, 0.1) is 6.92 Å². The number of aliphatic hydroxyl groups is 1. The zero-order valence-electron chi connectivity index (χ0n) is 6.97. The molecule has 2 rings (SSSR count). The van der Waals surface area contributed by atoms with E-state index in [1.165, 1.54) is 11.1 Å². The second-order valence-corrected chi connectivity index (χ2v) is 4.15. The van der Waals surface area contributed by atoms with Crippen LogP contribution in [-0.4, -0.2) is 5.11 Å². The minimum atomic E-state index is -0.230. The molecular formula is C10H11BrO. The van der Waals surface area contributed by atoms with Crippen molar-refractivity contribution in [3.8, 4) is 0 Å². The molecule has 0 aliphatic heterocycles. The van der Waals surface area contributed by atoms with E-state index in [4.69, 9.17) is 0 Å². The predicted molar refractivity (Wildman–Crippen MR) is 52.2 cm³/mol. The Morgan fingerprint density at radius 2 is 2.25 bits per heavy atom. The first kappa shape index (κ1) is 8.27. The maximum absolute atomic E-state index is 9.58. The normalized spacial score (nSPS) is 21.1. The highest BCUT2D eigenvalue weighted by Gasteiger charge is 2.21. The van der Waals surface area contributed by atoms with E-state index in [1.807, 2.05) is 12.1 Å². The maximum Gasteiger partial charge on any atom is 0.0796 e. The lowest BCUT2D eigenvalue weighted by Crippen LogP contribution is -1.91. The van der Waals surface area contributed by atoms with Crippen LogP contribution < -0.4 is 0 Å². The Balaban J connectivity index is 2.60. The van der Waals surface area contributed by atoms with Crippen LogP contribution in [0.1, 0.15) is 29.2 Å². The van der Waals surface area contributed by atoms with Crippen molar-refractivity contribution >= 4 is 15.9 Å². The van der Waals surface area contributed by atoms with Crippen molar-refractivity contribution in [1.82, 2.24) is 0 Å². The van der Waals surface area contributed by atoms with Gasteiger partial charge in [0.05, 0.1) is 6.10 Å². The molecule has 1 N–H and O–H groups in total. The third kappa shape index (κ3) is 1.10. The SMILES string of the molecule is Cc1c(Br)ccc2c1CC[C@@H]2O. The van der Waals surface area contributed by atoms with Gasteiger partial charge in [-0.2, -0.15) is 0 Å². The van der Waals surface area contributed by atoms with Gasteiger partial charge in [0.2, 0.25) is 0 Å². The highest BCUT2D eigenvalue weighted by atomic mass is 79.9. The average Bonchev–Trinajstić information content (AvgIpc) is 2.41. The Hall–Kier alpha value is -0.340. The third-order valence-electron chi connectivity index (χ3n) is 2.60. The molecule has 12 heavy (non-hydrogen) atoms. The molecule has 64 valence electrons. The van der Waals surface area contributed by atoms with Crippen molar-refractivity contribution in [1.29, 1.82) is 0 Å². The van der Waals surface area contributed by atoms with Crippen molar-refractivity contribution in [2.75, 3.05) is 0 Å². The van der Waals surface area contributed by atoms with Crippen molar-refractivity contribution in [3.63, 3.8) is 0 Å². The lowest BCUT2D eigenvalue weighted by Gasteiger charge is -2.07. The molecule has 1 aliphatic rings.